The van der Waals surface area contributed by atoms with Crippen molar-refractivity contribution in [1.82, 2.24) is 4.98 Å². The van der Waals surface area contributed by atoms with Crippen LogP contribution in [-0.4, -0.2) is 22.7 Å². The molecule has 2 atom stereocenters. The van der Waals surface area contributed by atoms with Crippen LogP contribution in [-0.2, 0) is 0 Å². The van der Waals surface area contributed by atoms with Gasteiger partial charge in [-0.2, -0.15) is 0 Å². The van der Waals surface area contributed by atoms with Crippen molar-refractivity contribution >= 4 is 0 Å². The number of pyridine rings is 1. The first kappa shape index (κ1) is 12.1. The van der Waals surface area contributed by atoms with E-state index in [9.17, 15) is 5.11 Å². The van der Waals surface area contributed by atoms with Crippen LogP contribution in [0.25, 0.3) is 0 Å². The van der Waals surface area contributed by atoms with Gasteiger partial charge in [-0.05, 0) is 18.6 Å². The number of hydrogen-bond acceptors (Lipinski definition) is 3. The van der Waals surface area contributed by atoms with Crippen molar-refractivity contribution in [3.8, 4) is 0 Å². The molecule has 1 rings (SSSR count). The van der Waals surface area contributed by atoms with Crippen molar-refractivity contribution in [2.75, 3.05) is 6.54 Å². The van der Waals surface area contributed by atoms with Crippen LogP contribution in [0, 0.1) is 0 Å². The van der Waals surface area contributed by atoms with E-state index in [1.54, 1.807) is 6.20 Å². The highest BCUT2D eigenvalue weighted by molar-refractivity contribution is 5.11. The Balaban J connectivity index is 2.63. The van der Waals surface area contributed by atoms with Gasteiger partial charge in [0.25, 0.3) is 0 Å². The third kappa shape index (κ3) is 3.61. The zero-order valence-corrected chi connectivity index (χ0v) is 9.26. The molecule has 1 aromatic rings. The highest BCUT2D eigenvalue weighted by atomic mass is 16.3. The molecule has 0 amide bonds. The van der Waals surface area contributed by atoms with Crippen LogP contribution in [0.2, 0.25) is 0 Å². The van der Waals surface area contributed by atoms with E-state index in [2.05, 4.69) is 11.9 Å². The summed E-state index contributed by atoms with van der Waals surface area (Å²) in [5.41, 5.74) is 6.57. The highest BCUT2D eigenvalue weighted by Crippen LogP contribution is 2.19. The molecule has 0 aliphatic rings. The molecule has 0 aromatic carbocycles. The first-order chi connectivity index (χ1) is 7.29. The van der Waals surface area contributed by atoms with Gasteiger partial charge in [-0.15, -0.1) is 0 Å². The smallest absolute Gasteiger partial charge is 0.0636 e. The lowest BCUT2D eigenvalue weighted by molar-refractivity contribution is 0.131. The number of nitrogens with zero attached hydrogens (tertiary/aromatic N) is 1. The normalized spacial score (nSPS) is 14.9. The summed E-state index contributed by atoms with van der Waals surface area (Å²) < 4.78 is 0. The van der Waals surface area contributed by atoms with Crippen molar-refractivity contribution in [3.63, 3.8) is 0 Å². The van der Waals surface area contributed by atoms with E-state index in [1.807, 2.05) is 18.2 Å². The van der Waals surface area contributed by atoms with Gasteiger partial charge < -0.3 is 10.8 Å². The zero-order valence-electron chi connectivity index (χ0n) is 9.26. The van der Waals surface area contributed by atoms with Gasteiger partial charge in [0.15, 0.2) is 0 Å². The fraction of sp³-hybridized carbons (Fsp3) is 0.583. The molecule has 0 spiro atoms. The second-order valence-electron chi connectivity index (χ2n) is 3.81. The predicted octanol–water partition coefficient (Wildman–Crippen LogP) is 1.68. The van der Waals surface area contributed by atoms with E-state index < -0.39 is 0 Å². The Morgan fingerprint density at radius 3 is 2.80 bits per heavy atom. The molecule has 3 N–H and O–H groups in total. The summed E-state index contributed by atoms with van der Waals surface area (Å²) in [7, 11) is 0. The summed E-state index contributed by atoms with van der Waals surface area (Å²) in [5, 5.41) is 9.97. The summed E-state index contributed by atoms with van der Waals surface area (Å²) in [6.07, 6.45) is 4.30. The van der Waals surface area contributed by atoms with Crippen LogP contribution in [0.5, 0.6) is 0 Å². The molecule has 0 radical (unpaired) electrons. The highest BCUT2D eigenvalue weighted by Gasteiger charge is 2.19. The van der Waals surface area contributed by atoms with E-state index in [-0.39, 0.29) is 12.0 Å². The van der Waals surface area contributed by atoms with Crippen molar-refractivity contribution < 1.29 is 5.11 Å². The molecule has 2 unspecified atom stereocenters. The second-order valence-corrected chi connectivity index (χ2v) is 3.81. The van der Waals surface area contributed by atoms with Gasteiger partial charge in [0.2, 0.25) is 0 Å². The fourth-order valence-electron chi connectivity index (χ4n) is 1.68. The Morgan fingerprint density at radius 2 is 2.27 bits per heavy atom. The Kier molecular flexibility index (Phi) is 5.29. The average molecular weight is 208 g/mol. The van der Waals surface area contributed by atoms with Crippen LogP contribution >= 0.6 is 0 Å². The topological polar surface area (TPSA) is 59.1 Å². The maximum absolute atomic E-state index is 9.97. The van der Waals surface area contributed by atoms with Crippen LogP contribution in [0.15, 0.2) is 24.4 Å². The Bertz CT molecular complexity index is 264. The van der Waals surface area contributed by atoms with Gasteiger partial charge in [0.1, 0.15) is 0 Å². The Labute approximate surface area is 91.3 Å². The Hall–Kier alpha value is -0.930. The quantitative estimate of drug-likeness (QED) is 0.747. The van der Waals surface area contributed by atoms with Gasteiger partial charge >= 0.3 is 0 Å². The minimum Gasteiger partial charge on any atom is -0.392 e. The van der Waals surface area contributed by atoms with Gasteiger partial charge in [-0.3, -0.25) is 4.98 Å². The van der Waals surface area contributed by atoms with Crippen molar-refractivity contribution in [2.24, 2.45) is 5.73 Å². The van der Waals surface area contributed by atoms with Gasteiger partial charge in [0, 0.05) is 24.4 Å². The maximum Gasteiger partial charge on any atom is 0.0636 e. The number of unbranched alkanes of at least 4 members (excludes halogenated alkanes) is 1. The largest absolute Gasteiger partial charge is 0.392 e. The molecule has 84 valence electrons. The minimum atomic E-state index is -0.371. The van der Waals surface area contributed by atoms with Crippen molar-refractivity contribution in [1.29, 1.82) is 0 Å². The van der Waals surface area contributed by atoms with Crippen molar-refractivity contribution in [2.45, 2.75) is 38.2 Å². The molecule has 0 saturated carbocycles. The van der Waals surface area contributed by atoms with Gasteiger partial charge in [0.05, 0.1) is 6.10 Å². The van der Waals surface area contributed by atoms with E-state index in [0.717, 1.165) is 25.0 Å². The second kappa shape index (κ2) is 6.53. The summed E-state index contributed by atoms with van der Waals surface area (Å²) >= 11 is 0. The summed E-state index contributed by atoms with van der Waals surface area (Å²) in [6.45, 7) is 2.56. The zero-order chi connectivity index (χ0) is 11.1. The number of nitrogens with two attached hydrogens (primary N) is 1. The molecule has 3 nitrogen and oxygen atoms in total. The number of aromatic nitrogens is 1. The van der Waals surface area contributed by atoms with Gasteiger partial charge in [-0.1, -0.05) is 25.8 Å². The molecule has 3 heteroatoms. The molecular formula is C12H20N2O. The lowest BCUT2D eigenvalue weighted by atomic mass is 9.94. The third-order valence-electron chi connectivity index (χ3n) is 2.64. The fourth-order valence-corrected chi connectivity index (χ4v) is 1.68. The molecule has 0 fully saturated rings. The molecular weight excluding hydrogens is 188 g/mol. The van der Waals surface area contributed by atoms with E-state index in [1.165, 1.54) is 0 Å². The number of rotatable bonds is 6. The minimum absolute atomic E-state index is 0.0299. The van der Waals surface area contributed by atoms with E-state index >= 15 is 0 Å². The van der Waals surface area contributed by atoms with Crippen LogP contribution in [0.3, 0.4) is 0 Å². The molecule has 0 bridgehead atoms. The summed E-state index contributed by atoms with van der Waals surface area (Å²) in [6, 6.07) is 5.72. The molecule has 0 aliphatic heterocycles. The SMILES string of the molecule is CCCCC(O)C(CN)c1ccccn1. The van der Waals surface area contributed by atoms with Gasteiger partial charge in [-0.25, -0.2) is 0 Å². The first-order valence-corrected chi connectivity index (χ1v) is 5.58. The molecule has 1 heterocycles. The molecule has 0 saturated heterocycles. The van der Waals surface area contributed by atoms with Crippen LogP contribution in [0.1, 0.15) is 37.8 Å². The van der Waals surface area contributed by atoms with E-state index in [0.29, 0.717) is 6.54 Å². The lowest BCUT2D eigenvalue weighted by Gasteiger charge is -2.20. The monoisotopic (exact) mass is 208 g/mol. The van der Waals surface area contributed by atoms with Crippen LogP contribution < -0.4 is 5.73 Å². The summed E-state index contributed by atoms with van der Waals surface area (Å²) in [5.74, 6) is -0.0299. The van der Waals surface area contributed by atoms with Crippen molar-refractivity contribution in [3.05, 3.63) is 30.1 Å². The summed E-state index contributed by atoms with van der Waals surface area (Å²) in [4.78, 5) is 4.24. The number of aliphatic hydroxyl groups excluding tert-OH is 1. The average Bonchev–Trinajstić information content (AvgIpc) is 2.29. The molecule has 0 aliphatic carbocycles. The number of hydrogen-bond donors (Lipinski definition) is 2. The van der Waals surface area contributed by atoms with E-state index in [4.69, 9.17) is 5.73 Å². The molecule has 1 aromatic heterocycles. The standard InChI is InChI=1S/C12H20N2O/c1-2-3-7-12(15)10(9-13)11-6-4-5-8-14-11/h4-6,8,10,12,15H,2-3,7,9,13H2,1H3. The predicted molar refractivity (Wildman–Crippen MR) is 61.6 cm³/mol. The lowest BCUT2D eigenvalue weighted by Crippen LogP contribution is -2.26. The Morgan fingerprint density at radius 1 is 1.47 bits per heavy atom. The first-order valence-electron chi connectivity index (χ1n) is 5.58. The number of aliphatic hydroxyl groups is 1. The molecule has 15 heavy (non-hydrogen) atoms. The van der Waals surface area contributed by atoms with Crippen LogP contribution in [0.4, 0.5) is 0 Å². The maximum atomic E-state index is 9.97. The third-order valence-corrected chi connectivity index (χ3v) is 2.64.